The molecular weight excluding hydrogens is 226 g/mol. The highest BCUT2D eigenvalue weighted by molar-refractivity contribution is 6.00. The van der Waals surface area contributed by atoms with Crippen LogP contribution in [0.5, 0.6) is 0 Å². The average molecular weight is 249 g/mol. The number of likely N-dealkylation sites (N-methyl/N-ethyl adjacent to an activating group) is 1. The van der Waals surface area contributed by atoms with E-state index in [9.17, 15) is 14.4 Å². The minimum Gasteiger partial charge on any atom is -0.481 e. The molecule has 0 radical (unpaired) electrons. The van der Waals surface area contributed by atoms with Gasteiger partial charge < -0.3 is 15.5 Å². The van der Waals surface area contributed by atoms with E-state index in [4.69, 9.17) is 10.2 Å². The van der Waals surface area contributed by atoms with E-state index in [1.807, 2.05) is 27.7 Å². The fourth-order valence-electron chi connectivity index (χ4n) is 0.995. The molecule has 1 atom stereocenters. The van der Waals surface area contributed by atoms with E-state index in [0.717, 1.165) is 6.92 Å². The van der Waals surface area contributed by atoms with E-state index in [1.54, 1.807) is 0 Å². The molecule has 3 N–H and O–H groups in total. The van der Waals surface area contributed by atoms with Gasteiger partial charge in [-0.05, 0) is 14.0 Å². The molecule has 0 aliphatic heterocycles. The summed E-state index contributed by atoms with van der Waals surface area (Å²) in [6, 6.07) is -1.19. The normalized spacial score (nSPS) is 10.3. The highest BCUT2D eigenvalue weighted by atomic mass is 16.4. The monoisotopic (exact) mass is 249 g/mol. The maximum Gasteiger partial charge on any atom is 0.319 e. The number of carboxylic acid groups (broad SMARTS) is 2. The highest BCUT2D eigenvalue weighted by Crippen LogP contribution is 2.05. The van der Waals surface area contributed by atoms with E-state index in [-0.39, 0.29) is 0 Å². The zero-order chi connectivity index (χ0) is 14.6. The molecule has 0 bridgehead atoms. The Balaban J connectivity index is -0.000000439. The quantitative estimate of drug-likeness (QED) is 0.628. The Morgan fingerprint density at radius 3 is 1.29 bits per heavy atom. The molecule has 0 fully saturated rings. The van der Waals surface area contributed by atoms with Crippen molar-refractivity contribution < 1.29 is 24.6 Å². The Morgan fingerprint density at radius 2 is 1.24 bits per heavy atom. The van der Waals surface area contributed by atoms with Crippen molar-refractivity contribution in [3.8, 4) is 0 Å². The third-order valence-electron chi connectivity index (χ3n) is 1.61. The Kier molecular flexibility index (Phi) is 15.6. The molecule has 17 heavy (non-hydrogen) atoms. The minimum absolute atomic E-state index is 0.516. The van der Waals surface area contributed by atoms with Crippen LogP contribution in [-0.2, 0) is 14.4 Å². The van der Waals surface area contributed by atoms with Gasteiger partial charge in [0.25, 0.3) is 0 Å². The number of carbonyl (C=O) groups is 3. The molecule has 0 spiro atoms. The number of aliphatic carboxylic acids is 2. The van der Waals surface area contributed by atoms with Crippen molar-refractivity contribution in [1.82, 2.24) is 5.32 Å². The second kappa shape index (κ2) is 12.6. The van der Waals surface area contributed by atoms with Crippen molar-refractivity contribution in [3.63, 3.8) is 0 Å². The van der Waals surface area contributed by atoms with Gasteiger partial charge >= 0.3 is 11.9 Å². The average Bonchev–Trinajstić information content (AvgIpc) is 2.29. The first-order valence-corrected chi connectivity index (χ1v) is 5.55. The van der Waals surface area contributed by atoms with Gasteiger partial charge in [0, 0.05) is 0 Å². The Labute approximate surface area is 102 Å². The summed E-state index contributed by atoms with van der Waals surface area (Å²) in [6.07, 6.45) is 0. The minimum atomic E-state index is -1.73. The van der Waals surface area contributed by atoms with Crippen molar-refractivity contribution in [1.29, 1.82) is 0 Å². The lowest BCUT2D eigenvalue weighted by Crippen LogP contribution is -2.47. The van der Waals surface area contributed by atoms with Gasteiger partial charge in [0.2, 0.25) is 0 Å². The van der Waals surface area contributed by atoms with Gasteiger partial charge in [-0.1, -0.05) is 27.7 Å². The molecule has 0 aromatic heterocycles. The molecule has 0 aromatic rings. The molecule has 0 saturated carbocycles. The molecule has 0 amide bonds. The number of Topliss-reactive ketones (excluding diaryl/α,β-unsaturated/α-hetero) is 1. The molecule has 0 saturated heterocycles. The van der Waals surface area contributed by atoms with Crippen molar-refractivity contribution in [2.45, 2.75) is 40.7 Å². The smallest absolute Gasteiger partial charge is 0.319 e. The summed E-state index contributed by atoms with van der Waals surface area (Å²) in [4.78, 5) is 31.8. The summed E-state index contributed by atoms with van der Waals surface area (Å²) in [5.74, 6) is -5.30. The molecular formula is C11H23NO5. The molecule has 0 aromatic carbocycles. The van der Waals surface area contributed by atoms with Gasteiger partial charge in [-0.25, -0.2) is 0 Å². The van der Waals surface area contributed by atoms with E-state index in [2.05, 4.69) is 5.32 Å². The predicted octanol–water partition coefficient (Wildman–Crippen LogP) is 1.00. The fourth-order valence-corrected chi connectivity index (χ4v) is 0.995. The second-order valence-corrected chi connectivity index (χ2v) is 2.53. The molecule has 1 unspecified atom stereocenters. The lowest BCUT2D eigenvalue weighted by Gasteiger charge is -2.16. The van der Waals surface area contributed by atoms with Crippen LogP contribution < -0.4 is 5.32 Å². The Morgan fingerprint density at radius 1 is 0.941 bits per heavy atom. The van der Waals surface area contributed by atoms with Crippen LogP contribution in [0.15, 0.2) is 0 Å². The van der Waals surface area contributed by atoms with Crippen molar-refractivity contribution >= 4 is 17.7 Å². The fraction of sp³-hybridized carbons (Fsp3) is 0.727. The number of rotatable bonds is 5. The Hall–Kier alpha value is -1.43. The molecule has 0 aliphatic rings. The molecule has 0 heterocycles. The van der Waals surface area contributed by atoms with Gasteiger partial charge in [-0.15, -0.1) is 0 Å². The molecule has 102 valence electrons. The number of carboxylic acids is 2. The SMILES string of the molecule is CC.CC.CNC(C(C)=O)C(C(=O)O)C(=O)O. The number of ketones is 1. The second-order valence-electron chi connectivity index (χ2n) is 2.53. The van der Waals surface area contributed by atoms with Gasteiger partial charge in [-0.3, -0.25) is 14.4 Å². The zero-order valence-corrected chi connectivity index (χ0v) is 11.3. The molecule has 6 nitrogen and oxygen atoms in total. The summed E-state index contributed by atoms with van der Waals surface area (Å²) < 4.78 is 0. The maximum absolute atomic E-state index is 10.8. The van der Waals surface area contributed by atoms with Crippen LogP contribution in [0, 0.1) is 5.92 Å². The third-order valence-corrected chi connectivity index (χ3v) is 1.61. The number of carbonyl (C=O) groups excluding carboxylic acids is 1. The number of nitrogens with one attached hydrogen (secondary N) is 1. The Bertz CT molecular complexity index is 226. The summed E-state index contributed by atoms with van der Waals surface area (Å²) in [5.41, 5.74) is 0. The number of hydrogen-bond donors (Lipinski definition) is 3. The van der Waals surface area contributed by atoms with Crippen LogP contribution in [0.4, 0.5) is 0 Å². The first kappa shape index (κ1) is 20.9. The first-order chi connectivity index (χ1) is 7.91. The van der Waals surface area contributed by atoms with Crippen molar-refractivity contribution in [3.05, 3.63) is 0 Å². The van der Waals surface area contributed by atoms with Gasteiger partial charge in [0.15, 0.2) is 5.92 Å². The third kappa shape index (κ3) is 8.38. The van der Waals surface area contributed by atoms with Crippen LogP contribution in [0.1, 0.15) is 34.6 Å². The summed E-state index contributed by atoms with van der Waals surface area (Å²) in [7, 11) is 1.34. The lowest BCUT2D eigenvalue weighted by atomic mass is 9.97. The molecule has 0 aliphatic carbocycles. The summed E-state index contributed by atoms with van der Waals surface area (Å²) >= 11 is 0. The standard InChI is InChI=1S/C7H11NO5.2C2H6/c1-3(9)5(8-2)4(6(10)11)7(12)13;2*1-2/h4-5,8H,1-2H3,(H,10,11)(H,12,13);2*1-2H3. The first-order valence-electron chi connectivity index (χ1n) is 5.55. The van der Waals surface area contributed by atoms with Crippen LogP contribution in [0.2, 0.25) is 0 Å². The zero-order valence-electron chi connectivity index (χ0n) is 11.3. The van der Waals surface area contributed by atoms with E-state index in [0.29, 0.717) is 0 Å². The van der Waals surface area contributed by atoms with Gasteiger partial charge in [-0.2, -0.15) is 0 Å². The van der Waals surface area contributed by atoms with Crippen molar-refractivity contribution in [2.75, 3.05) is 7.05 Å². The van der Waals surface area contributed by atoms with E-state index in [1.165, 1.54) is 7.05 Å². The highest BCUT2D eigenvalue weighted by Gasteiger charge is 2.36. The summed E-state index contributed by atoms with van der Waals surface area (Å²) in [6.45, 7) is 9.14. The maximum atomic E-state index is 10.8. The molecule has 6 heteroatoms. The summed E-state index contributed by atoms with van der Waals surface area (Å²) in [5, 5.41) is 19.4. The van der Waals surface area contributed by atoms with E-state index < -0.39 is 29.7 Å². The van der Waals surface area contributed by atoms with Crippen LogP contribution in [-0.4, -0.2) is 41.0 Å². The van der Waals surface area contributed by atoms with Gasteiger partial charge in [0.1, 0.15) is 5.78 Å². The van der Waals surface area contributed by atoms with Crippen LogP contribution in [0.25, 0.3) is 0 Å². The van der Waals surface area contributed by atoms with Crippen molar-refractivity contribution in [2.24, 2.45) is 5.92 Å². The lowest BCUT2D eigenvalue weighted by molar-refractivity contribution is -0.157. The van der Waals surface area contributed by atoms with Crippen LogP contribution in [0.3, 0.4) is 0 Å². The number of hydrogen-bond acceptors (Lipinski definition) is 4. The van der Waals surface area contributed by atoms with E-state index >= 15 is 0 Å². The largest absolute Gasteiger partial charge is 0.481 e. The van der Waals surface area contributed by atoms with Crippen LogP contribution >= 0.6 is 0 Å². The van der Waals surface area contributed by atoms with Gasteiger partial charge in [0.05, 0.1) is 6.04 Å². The predicted molar refractivity (Wildman–Crippen MR) is 65.0 cm³/mol. The molecule has 0 rings (SSSR count). The topological polar surface area (TPSA) is 104 Å².